The van der Waals surface area contributed by atoms with Gasteiger partial charge in [0, 0.05) is 30.9 Å². The standard InChI is InChI=1S/C29H37F5N6O2S/c1-16(2)26-25(36-15-43-26)27(42)39-24(19-7-10-28(30,31)11-8-19)20-14-40(35-4)21(37-20)13-17(3)23(18-5-6-18)38-22(41)9-12-29(32,33)34/h13-16,18-19,23-24H,4-12H2,1-3H3,(H,38,41)(H,39,42)/b17-13+/t23-,24-/m0/s1. The highest BCUT2D eigenvalue weighted by Gasteiger charge is 2.40. The number of hydrogen-bond acceptors (Lipinski definition) is 6. The number of thiazole rings is 1. The van der Waals surface area contributed by atoms with E-state index in [2.05, 4.69) is 27.4 Å². The van der Waals surface area contributed by atoms with Crippen molar-refractivity contribution >= 4 is 35.9 Å². The van der Waals surface area contributed by atoms with E-state index >= 15 is 0 Å². The Morgan fingerprint density at radius 3 is 2.44 bits per heavy atom. The summed E-state index contributed by atoms with van der Waals surface area (Å²) in [5.41, 5.74) is 2.97. The highest BCUT2D eigenvalue weighted by molar-refractivity contribution is 7.10. The lowest BCUT2D eigenvalue weighted by Gasteiger charge is -2.33. The normalized spacial score (nSPS) is 19.2. The third kappa shape index (κ3) is 8.70. The number of imidazole rings is 1. The largest absolute Gasteiger partial charge is 0.389 e. The van der Waals surface area contributed by atoms with Crippen molar-refractivity contribution in [3.8, 4) is 0 Å². The second-order valence-corrected chi connectivity index (χ2v) is 12.6. The molecule has 0 saturated heterocycles. The topological polar surface area (TPSA) is 101 Å². The molecule has 0 aliphatic heterocycles. The molecule has 0 radical (unpaired) electrons. The number of carbonyl (C=O) groups is 2. The minimum atomic E-state index is -4.43. The highest BCUT2D eigenvalue weighted by Crippen LogP contribution is 2.42. The molecular weight excluding hydrogens is 591 g/mol. The van der Waals surface area contributed by atoms with Gasteiger partial charge in [0.15, 0.2) is 5.82 Å². The van der Waals surface area contributed by atoms with Crippen LogP contribution in [0.25, 0.3) is 6.08 Å². The summed E-state index contributed by atoms with van der Waals surface area (Å²) in [5.74, 6) is -3.70. The summed E-state index contributed by atoms with van der Waals surface area (Å²) >= 11 is 1.37. The predicted molar refractivity (Wildman–Crippen MR) is 154 cm³/mol. The second-order valence-electron chi connectivity index (χ2n) is 11.8. The quantitative estimate of drug-likeness (QED) is 0.198. The fourth-order valence-corrected chi connectivity index (χ4v) is 6.27. The molecule has 2 aromatic rings. The maximum atomic E-state index is 14.0. The number of nitrogens with zero attached hydrogens (tertiary/aromatic N) is 4. The number of rotatable bonds is 12. The molecule has 0 spiro atoms. The Bertz CT molecular complexity index is 1340. The number of nitrogens with one attached hydrogen (secondary N) is 2. The third-order valence-corrected chi connectivity index (χ3v) is 9.08. The van der Waals surface area contributed by atoms with Crippen molar-refractivity contribution in [3.63, 3.8) is 0 Å². The van der Waals surface area contributed by atoms with E-state index < -0.39 is 48.8 Å². The first-order chi connectivity index (χ1) is 20.2. The van der Waals surface area contributed by atoms with Crippen molar-refractivity contribution in [1.29, 1.82) is 0 Å². The van der Waals surface area contributed by atoms with E-state index in [1.165, 1.54) is 16.0 Å². The fraction of sp³-hybridized carbons (Fsp3) is 0.621. The number of amides is 2. The molecule has 0 bridgehead atoms. The van der Waals surface area contributed by atoms with Crippen LogP contribution in [0.4, 0.5) is 22.0 Å². The van der Waals surface area contributed by atoms with Gasteiger partial charge in [-0.1, -0.05) is 13.8 Å². The Morgan fingerprint density at radius 2 is 1.86 bits per heavy atom. The van der Waals surface area contributed by atoms with Gasteiger partial charge in [0.2, 0.25) is 11.8 Å². The first-order valence-corrected chi connectivity index (χ1v) is 15.3. The molecule has 2 atom stereocenters. The number of carbonyl (C=O) groups excluding carboxylic acids is 2. The molecule has 8 nitrogen and oxygen atoms in total. The molecule has 43 heavy (non-hydrogen) atoms. The van der Waals surface area contributed by atoms with Gasteiger partial charge in [-0.15, -0.1) is 11.3 Å². The molecule has 4 rings (SSSR count). The van der Waals surface area contributed by atoms with Gasteiger partial charge in [-0.3, -0.25) is 9.59 Å². The molecule has 2 saturated carbocycles. The lowest BCUT2D eigenvalue weighted by molar-refractivity contribution is -0.144. The predicted octanol–water partition coefficient (Wildman–Crippen LogP) is 6.86. The second kappa shape index (κ2) is 13.2. The molecule has 2 fully saturated rings. The zero-order valence-corrected chi connectivity index (χ0v) is 25.2. The first-order valence-electron chi connectivity index (χ1n) is 14.4. The summed E-state index contributed by atoms with van der Waals surface area (Å²) in [5, 5.41) is 9.73. The monoisotopic (exact) mass is 628 g/mol. The molecular formula is C29H37F5N6O2S. The van der Waals surface area contributed by atoms with E-state index in [9.17, 15) is 31.5 Å². The summed E-state index contributed by atoms with van der Waals surface area (Å²) in [6, 6.07) is -1.18. The van der Waals surface area contributed by atoms with Gasteiger partial charge in [0.1, 0.15) is 5.69 Å². The smallest absolute Gasteiger partial charge is 0.349 e. The number of aromatic nitrogens is 3. The zero-order valence-electron chi connectivity index (χ0n) is 24.4. The summed E-state index contributed by atoms with van der Waals surface area (Å²) in [4.78, 5) is 35.5. The minimum Gasteiger partial charge on any atom is -0.349 e. The van der Waals surface area contributed by atoms with E-state index in [1.54, 1.807) is 24.7 Å². The summed E-state index contributed by atoms with van der Waals surface area (Å²) < 4.78 is 67.4. The molecule has 14 heteroatoms. The molecule has 2 N–H and O–H groups in total. The molecule has 2 aliphatic rings. The van der Waals surface area contributed by atoms with E-state index in [-0.39, 0.29) is 49.1 Å². The van der Waals surface area contributed by atoms with Crippen LogP contribution in [0.1, 0.15) is 111 Å². The van der Waals surface area contributed by atoms with Crippen LogP contribution >= 0.6 is 11.3 Å². The van der Waals surface area contributed by atoms with Crippen LogP contribution in [0.5, 0.6) is 0 Å². The van der Waals surface area contributed by atoms with Gasteiger partial charge in [-0.2, -0.15) is 18.3 Å². The van der Waals surface area contributed by atoms with E-state index in [0.717, 1.165) is 17.7 Å². The summed E-state index contributed by atoms with van der Waals surface area (Å²) in [6.45, 7) is 9.26. The van der Waals surface area contributed by atoms with Crippen LogP contribution in [-0.4, -0.2) is 51.3 Å². The van der Waals surface area contributed by atoms with Gasteiger partial charge >= 0.3 is 6.18 Å². The number of hydrogen-bond donors (Lipinski definition) is 2. The first kappa shape index (κ1) is 32.7. The lowest BCUT2D eigenvalue weighted by Crippen LogP contribution is -2.38. The average Bonchev–Trinajstić information content (AvgIpc) is 3.49. The van der Waals surface area contributed by atoms with Crippen LogP contribution in [-0.2, 0) is 4.79 Å². The zero-order chi connectivity index (χ0) is 31.5. The molecule has 2 aromatic heterocycles. The Hall–Kier alpha value is -3.16. The van der Waals surface area contributed by atoms with Crippen LogP contribution in [0.15, 0.2) is 22.4 Å². The van der Waals surface area contributed by atoms with Crippen molar-refractivity contribution in [2.45, 2.75) is 102 Å². The fourth-order valence-electron chi connectivity index (χ4n) is 5.47. The maximum absolute atomic E-state index is 14.0. The van der Waals surface area contributed by atoms with Crippen molar-refractivity contribution in [1.82, 2.24) is 25.3 Å². The Balaban J connectivity index is 1.60. The molecule has 0 unspecified atom stereocenters. The molecule has 0 aromatic carbocycles. The van der Waals surface area contributed by atoms with Crippen LogP contribution < -0.4 is 10.6 Å². The van der Waals surface area contributed by atoms with Gasteiger partial charge in [-0.25, -0.2) is 23.4 Å². The Labute approximate surface area is 251 Å². The number of alkyl halides is 5. The van der Waals surface area contributed by atoms with E-state index in [4.69, 9.17) is 4.98 Å². The van der Waals surface area contributed by atoms with Crippen molar-refractivity contribution in [3.05, 3.63) is 39.4 Å². The van der Waals surface area contributed by atoms with Crippen molar-refractivity contribution in [2.75, 3.05) is 0 Å². The van der Waals surface area contributed by atoms with E-state index in [0.29, 0.717) is 17.1 Å². The van der Waals surface area contributed by atoms with Gasteiger partial charge < -0.3 is 10.6 Å². The Kier molecular flexibility index (Phi) is 10.1. The van der Waals surface area contributed by atoms with Crippen molar-refractivity contribution in [2.24, 2.45) is 16.9 Å². The third-order valence-electron chi connectivity index (χ3n) is 7.95. The number of halogens is 5. The molecule has 2 aliphatic carbocycles. The van der Waals surface area contributed by atoms with Crippen LogP contribution in [0.3, 0.4) is 0 Å². The lowest BCUT2D eigenvalue weighted by atomic mass is 9.81. The van der Waals surface area contributed by atoms with Gasteiger partial charge in [0.05, 0.1) is 35.9 Å². The van der Waals surface area contributed by atoms with Crippen LogP contribution in [0, 0.1) is 11.8 Å². The minimum absolute atomic E-state index is 0.0670. The van der Waals surface area contributed by atoms with E-state index in [1.807, 2.05) is 13.8 Å². The van der Waals surface area contributed by atoms with Crippen molar-refractivity contribution < 1.29 is 31.5 Å². The summed E-state index contributed by atoms with van der Waals surface area (Å²) in [6.07, 6.45) is -1.63. The highest BCUT2D eigenvalue weighted by atomic mass is 32.1. The molecule has 2 amide bonds. The maximum Gasteiger partial charge on any atom is 0.389 e. The molecule has 2 heterocycles. The van der Waals surface area contributed by atoms with Gasteiger partial charge in [-0.05, 0) is 62.0 Å². The van der Waals surface area contributed by atoms with Gasteiger partial charge in [0.25, 0.3) is 5.91 Å². The average molecular weight is 629 g/mol. The van der Waals surface area contributed by atoms with Crippen LogP contribution in [0.2, 0.25) is 0 Å². The molecule has 236 valence electrons. The Morgan fingerprint density at radius 1 is 1.19 bits per heavy atom. The summed E-state index contributed by atoms with van der Waals surface area (Å²) in [7, 11) is 0. The SMILES string of the molecule is C=Nn1cc([C@@H](NC(=O)c2ncsc2C(C)C)C2CCC(F)(F)CC2)nc1/C=C(\C)[C@H](NC(=O)CCC(F)(F)F)C1CC1.